The van der Waals surface area contributed by atoms with Gasteiger partial charge in [-0.05, 0) is 40.5 Å². The molecule has 0 aliphatic carbocycles. The van der Waals surface area contributed by atoms with Crippen molar-refractivity contribution in [2.24, 2.45) is 7.05 Å². The van der Waals surface area contributed by atoms with Crippen LogP contribution in [0.5, 0.6) is 0 Å². The molecule has 0 amide bonds. The monoisotopic (exact) mass is 376 g/mol. The average molecular weight is 377 g/mol. The van der Waals surface area contributed by atoms with Gasteiger partial charge in [-0.2, -0.15) is 5.10 Å². The third-order valence-corrected chi connectivity index (χ3v) is 9.84. The summed E-state index contributed by atoms with van der Waals surface area (Å²) in [5, 5.41) is 15.0. The van der Waals surface area contributed by atoms with Crippen LogP contribution in [0.3, 0.4) is 0 Å². The minimum Gasteiger partial charge on any atom is -0.417 e. The van der Waals surface area contributed by atoms with Gasteiger partial charge in [0.2, 0.25) is 0 Å². The van der Waals surface area contributed by atoms with Gasteiger partial charge in [0.25, 0.3) is 0 Å². The van der Waals surface area contributed by atoms with Gasteiger partial charge in [-0.25, -0.2) is 0 Å². The molecule has 1 N–H and O–H groups in total. The van der Waals surface area contributed by atoms with Crippen LogP contribution in [0.4, 0.5) is 0 Å². The normalized spacial score (nSPS) is 14.5. The smallest absolute Gasteiger partial charge is 0.191 e. The minimum atomic E-state index is -1.75. The molecule has 6 heteroatoms. The lowest BCUT2D eigenvalue weighted by Gasteiger charge is -2.36. The highest BCUT2D eigenvalue weighted by molar-refractivity contribution is 9.10. The highest BCUT2D eigenvalue weighted by Crippen LogP contribution is 2.37. The molecule has 0 aliphatic rings. The van der Waals surface area contributed by atoms with E-state index >= 15 is 0 Å². The first-order valence-electron chi connectivity index (χ1n) is 7.54. The van der Waals surface area contributed by atoms with Gasteiger partial charge in [0, 0.05) is 20.1 Å². The van der Waals surface area contributed by atoms with E-state index in [1.807, 2.05) is 11.7 Å². The number of halogens is 1. The Kier molecular flexibility index (Phi) is 6.24. The van der Waals surface area contributed by atoms with Crippen molar-refractivity contribution in [3.63, 3.8) is 0 Å². The van der Waals surface area contributed by atoms with E-state index < -0.39 is 14.4 Å². The van der Waals surface area contributed by atoms with E-state index in [-0.39, 0.29) is 5.04 Å². The van der Waals surface area contributed by atoms with Gasteiger partial charge < -0.3 is 9.53 Å². The van der Waals surface area contributed by atoms with Gasteiger partial charge in [-0.1, -0.05) is 27.7 Å². The largest absolute Gasteiger partial charge is 0.417 e. The number of nitrogens with zero attached hydrogens (tertiary/aromatic N) is 2. The minimum absolute atomic E-state index is 0.193. The summed E-state index contributed by atoms with van der Waals surface area (Å²) in [5.41, 5.74) is 1.82. The first kappa shape index (κ1) is 18.9. The van der Waals surface area contributed by atoms with Crippen LogP contribution < -0.4 is 0 Å². The van der Waals surface area contributed by atoms with Gasteiger partial charge in [-0.3, -0.25) is 4.68 Å². The van der Waals surface area contributed by atoms with E-state index in [0.29, 0.717) is 18.7 Å². The molecule has 0 aromatic carbocycles. The molecule has 4 nitrogen and oxygen atoms in total. The average Bonchev–Trinajstić information content (AvgIpc) is 2.62. The lowest BCUT2D eigenvalue weighted by Crippen LogP contribution is -2.41. The van der Waals surface area contributed by atoms with Crippen LogP contribution >= 0.6 is 15.9 Å². The van der Waals surface area contributed by atoms with Crippen LogP contribution in [0.1, 0.15) is 51.6 Å². The Morgan fingerprint density at radius 2 is 1.95 bits per heavy atom. The second kappa shape index (κ2) is 6.94. The number of rotatable bonds is 6. The van der Waals surface area contributed by atoms with Crippen molar-refractivity contribution in [2.45, 2.75) is 64.8 Å². The molecule has 1 unspecified atom stereocenters. The maximum Gasteiger partial charge on any atom is 0.191 e. The van der Waals surface area contributed by atoms with E-state index in [1.54, 1.807) is 0 Å². The van der Waals surface area contributed by atoms with E-state index in [1.165, 1.54) is 0 Å². The van der Waals surface area contributed by atoms with Gasteiger partial charge in [-0.15, -0.1) is 0 Å². The predicted molar refractivity (Wildman–Crippen MR) is 93.0 cm³/mol. The van der Waals surface area contributed by atoms with Crippen molar-refractivity contribution in [1.82, 2.24) is 9.78 Å². The molecule has 21 heavy (non-hydrogen) atoms. The molecular formula is C15H29BrN2O2Si. The summed E-state index contributed by atoms with van der Waals surface area (Å²) in [4.78, 5) is 0. The zero-order valence-corrected chi connectivity index (χ0v) is 16.9. The highest BCUT2D eigenvalue weighted by atomic mass is 79.9. The molecule has 0 fully saturated rings. The van der Waals surface area contributed by atoms with Gasteiger partial charge in [0.1, 0.15) is 11.8 Å². The Morgan fingerprint density at radius 3 is 2.38 bits per heavy atom. The lowest BCUT2D eigenvalue weighted by atomic mass is 10.2. The Bertz CT molecular complexity index is 481. The van der Waals surface area contributed by atoms with E-state index in [9.17, 15) is 5.11 Å². The number of aryl methyl sites for hydroxylation is 1. The third-order valence-electron chi connectivity index (χ3n) is 4.44. The second-order valence-corrected chi connectivity index (χ2v) is 12.6. The fourth-order valence-electron chi connectivity index (χ4n) is 1.93. The number of aliphatic hydroxyl groups is 1. The standard InChI is InChI=1S/C15H29BrN2O2Si/c1-8-11-13(16)14(17-18(11)5)12(19)9-10-20-21(6,7)15(2,3)4/h12,19H,8-10H2,1-7H3. The molecule has 0 spiro atoms. The number of aromatic nitrogens is 2. The van der Waals surface area contributed by atoms with Crippen molar-refractivity contribution < 1.29 is 9.53 Å². The molecule has 1 aromatic rings. The quantitative estimate of drug-likeness (QED) is 0.756. The Hall–Kier alpha value is -0.173. The van der Waals surface area contributed by atoms with E-state index in [0.717, 1.165) is 16.6 Å². The Morgan fingerprint density at radius 1 is 1.38 bits per heavy atom. The van der Waals surface area contributed by atoms with Crippen molar-refractivity contribution >= 4 is 24.2 Å². The maximum atomic E-state index is 10.4. The third kappa shape index (κ3) is 4.40. The molecule has 0 bridgehead atoms. The molecule has 1 rings (SSSR count). The molecule has 0 saturated carbocycles. The van der Waals surface area contributed by atoms with Gasteiger partial charge in [0.15, 0.2) is 8.32 Å². The fourth-order valence-corrected chi connectivity index (χ4v) is 3.87. The summed E-state index contributed by atoms with van der Waals surface area (Å²) in [6.07, 6.45) is 0.873. The summed E-state index contributed by atoms with van der Waals surface area (Å²) in [7, 11) is 0.161. The van der Waals surface area contributed by atoms with E-state index in [2.05, 4.69) is 61.8 Å². The molecule has 0 saturated heterocycles. The zero-order valence-electron chi connectivity index (χ0n) is 14.3. The highest BCUT2D eigenvalue weighted by Gasteiger charge is 2.37. The first-order chi connectivity index (χ1) is 9.51. The predicted octanol–water partition coefficient (Wildman–Crippen LogP) is 4.19. The molecule has 1 aromatic heterocycles. The van der Waals surface area contributed by atoms with Crippen molar-refractivity contribution in [3.8, 4) is 0 Å². The summed E-state index contributed by atoms with van der Waals surface area (Å²) in [5.74, 6) is 0. The summed E-state index contributed by atoms with van der Waals surface area (Å²) in [6.45, 7) is 13.8. The van der Waals surface area contributed by atoms with Crippen LogP contribution in [0.25, 0.3) is 0 Å². The van der Waals surface area contributed by atoms with Crippen LogP contribution in [0.15, 0.2) is 4.47 Å². The topological polar surface area (TPSA) is 47.3 Å². The Balaban J connectivity index is 2.65. The molecular weight excluding hydrogens is 348 g/mol. The summed E-state index contributed by atoms with van der Waals surface area (Å²) in [6, 6.07) is 0. The van der Waals surface area contributed by atoms with Gasteiger partial charge in [0.05, 0.1) is 10.2 Å². The molecule has 122 valence electrons. The molecule has 1 atom stereocenters. The van der Waals surface area contributed by atoms with E-state index in [4.69, 9.17) is 4.43 Å². The van der Waals surface area contributed by atoms with Crippen LogP contribution in [0, 0.1) is 0 Å². The molecule has 0 radical (unpaired) electrons. The fraction of sp³-hybridized carbons (Fsp3) is 0.800. The molecule has 0 aliphatic heterocycles. The number of hydrogen-bond donors (Lipinski definition) is 1. The zero-order chi connectivity index (χ0) is 16.4. The maximum absolute atomic E-state index is 10.4. The van der Waals surface area contributed by atoms with Crippen molar-refractivity contribution in [3.05, 3.63) is 15.9 Å². The summed E-state index contributed by atoms with van der Waals surface area (Å²) >= 11 is 3.55. The first-order valence-corrected chi connectivity index (χ1v) is 11.2. The summed E-state index contributed by atoms with van der Waals surface area (Å²) < 4.78 is 8.87. The van der Waals surface area contributed by atoms with Crippen molar-refractivity contribution in [1.29, 1.82) is 0 Å². The number of hydrogen-bond acceptors (Lipinski definition) is 3. The lowest BCUT2D eigenvalue weighted by molar-refractivity contribution is 0.131. The molecule has 1 heterocycles. The van der Waals surface area contributed by atoms with Gasteiger partial charge >= 0.3 is 0 Å². The SMILES string of the molecule is CCc1c(Br)c(C(O)CCO[Si](C)(C)C(C)(C)C)nn1C. The van der Waals surface area contributed by atoms with Crippen LogP contribution in [0.2, 0.25) is 18.1 Å². The van der Waals surface area contributed by atoms with Crippen LogP contribution in [-0.4, -0.2) is 29.8 Å². The van der Waals surface area contributed by atoms with Crippen molar-refractivity contribution in [2.75, 3.05) is 6.61 Å². The number of aliphatic hydroxyl groups excluding tert-OH is 1. The second-order valence-electron chi connectivity index (χ2n) is 7.04. The van der Waals surface area contributed by atoms with Crippen LogP contribution in [-0.2, 0) is 17.9 Å². The Labute approximate surface area is 138 Å².